The van der Waals surface area contributed by atoms with E-state index in [-0.39, 0.29) is 38.0 Å². The van der Waals surface area contributed by atoms with E-state index in [0.29, 0.717) is 11.1 Å². The number of aliphatic hydroxyl groups excluding tert-OH is 1. The van der Waals surface area contributed by atoms with Crippen molar-refractivity contribution in [3.8, 4) is 0 Å². The lowest BCUT2D eigenvalue weighted by Crippen LogP contribution is -2.62. The predicted molar refractivity (Wildman–Crippen MR) is 274 cm³/mol. The van der Waals surface area contributed by atoms with Crippen LogP contribution in [0, 0.1) is 11.8 Å². The highest BCUT2D eigenvalue weighted by Gasteiger charge is 2.37. The Morgan fingerprint density at radius 1 is 0.429 bits per heavy atom. The molecule has 26 nitrogen and oxygen atoms in total. The van der Waals surface area contributed by atoms with Gasteiger partial charge in [-0.05, 0) is 62.5 Å². The number of benzene rings is 2. The molecular formula is C51H73N9O17. The standard InChI is InChI=1S/C51H73N9O17/c1-26(2)21-34(45(70)53-28(5)51(76)77)56-47(72)37(24-31-15-11-8-12-16-31)59-50(75)42(29(6)61)60-49(74)35(22-27(3)4)57-48(73)38(25-41(66)67)58-44(69)33(18-20-40(64)65)54-46(71)36(23-30-13-9-7-10-14-30)55-43(68)32(52)17-19-39(62)63/h7-16,26-29,32-38,42,61H,17-25,52H2,1-6H3,(H,53,70)(H,54,71)(H,55,68)(H,56,72)(H,57,73)(H,58,69)(H,59,75)(H,60,74)(H,62,63)(H,64,65)(H,66,67)(H,76,77)/t28-,29+,32-,33-,34-,35-,36-,37-,38-,42-/m0/s1. The lowest BCUT2D eigenvalue weighted by molar-refractivity contribution is -0.142. The molecule has 0 fully saturated rings. The molecule has 8 amide bonds. The van der Waals surface area contributed by atoms with Crippen LogP contribution in [0.1, 0.15) is 97.6 Å². The lowest BCUT2D eigenvalue weighted by Gasteiger charge is -2.29. The van der Waals surface area contributed by atoms with E-state index in [0.717, 1.165) is 6.92 Å². The van der Waals surface area contributed by atoms with E-state index in [1.807, 2.05) is 0 Å². The number of hydrogen-bond donors (Lipinski definition) is 14. The third kappa shape index (κ3) is 24.5. The number of nitrogens with one attached hydrogen (secondary N) is 8. The minimum absolute atomic E-state index is 0.0659. The van der Waals surface area contributed by atoms with E-state index in [2.05, 4.69) is 42.5 Å². The van der Waals surface area contributed by atoms with E-state index in [1.165, 1.54) is 6.92 Å². The van der Waals surface area contributed by atoms with Gasteiger partial charge in [0.05, 0.1) is 18.6 Å². The topological polar surface area (TPSA) is 428 Å². The fraction of sp³-hybridized carbons (Fsp3) is 0.529. The van der Waals surface area contributed by atoms with Gasteiger partial charge >= 0.3 is 23.9 Å². The van der Waals surface area contributed by atoms with Crippen LogP contribution in [0.2, 0.25) is 0 Å². The molecule has 2 rings (SSSR count). The average Bonchev–Trinajstić information content (AvgIpc) is 3.34. The zero-order valence-electron chi connectivity index (χ0n) is 43.8. The number of amides is 8. The quantitative estimate of drug-likeness (QED) is 0.0378. The number of rotatable bonds is 34. The van der Waals surface area contributed by atoms with E-state index in [4.69, 9.17) is 10.8 Å². The summed E-state index contributed by atoms with van der Waals surface area (Å²) >= 11 is 0. The summed E-state index contributed by atoms with van der Waals surface area (Å²) in [5.41, 5.74) is 6.93. The molecule has 10 atom stereocenters. The molecule has 0 unspecified atom stereocenters. The maximum Gasteiger partial charge on any atom is 0.325 e. The second-order valence-corrected chi connectivity index (χ2v) is 19.4. The van der Waals surface area contributed by atoms with Crippen molar-refractivity contribution in [2.75, 3.05) is 0 Å². The predicted octanol–water partition coefficient (Wildman–Crippen LogP) is -1.54. The Labute approximate surface area is 444 Å². The monoisotopic (exact) mass is 1080 g/mol. The van der Waals surface area contributed by atoms with Crippen molar-refractivity contribution in [1.82, 2.24) is 42.5 Å². The van der Waals surface area contributed by atoms with Crippen molar-refractivity contribution >= 4 is 71.1 Å². The van der Waals surface area contributed by atoms with Crippen LogP contribution < -0.4 is 48.3 Å². The van der Waals surface area contributed by atoms with Crippen molar-refractivity contribution in [2.45, 2.75) is 160 Å². The van der Waals surface area contributed by atoms with Crippen molar-refractivity contribution in [3.63, 3.8) is 0 Å². The van der Waals surface area contributed by atoms with Gasteiger partial charge in [-0.25, -0.2) is 0 Å². The van der Waals surface area contributed by atoms with Gasteiger partial charge in [0.2, 0.25) is 47.3 Å². The van der Waals surface area contributed by atoms with Gasteiger partial charge in [0, 0.05) is 25.7 Å². The summed E-state index contributed by atoms with van der Waals surface area (Å²) in [6.45, 7) is 9.20. The number of aliphatic hydroxyl groups is 1. The molecule has 2 aromatic carbocycles. The average molecular weight is 1080 g/mol. The summed E-state index contributed by atoms with van der Waals surface area (Å²) in [6.07, 6.45) is -5.39. The van der Waals surface area contributed by atoms with Gasteiger partial charge in [0.15, 0.2) is 0 Å². The number of carbonyl (C=O) groups is 12. The van der Waals surface area contributed by atoms with Crippen LogP contribution >= 0.6 is 0 Å². The van der Waals surface area contributed by atoms with Crippen molar-refractivity contribution in [1.29, 1.82) is 0 Å². The maximum absolute atomic E-state index is 14.1. The minimum atomic E-state index is -2.00. The van der Waals surface area contributed by atoms with Crippen LogP contribution in [0.3, 0.4) is 0 Å². The second-order valence-electron chi connectivity index (χ2n) is 19.4. The highest BCUT2D eigenvalue weighted by Crippen LogP contribution is 2.13. The molecule has 0 heterocycles. The van der Waals surface area contributed by atoms with Crippen LogP contribution in [-0.2, 0) is 70.4 Å². The summed E-state index contributed by atoms with van der Waals surface area (Å²) in [5.74, 6) is -14.5. The largest absolute Gasteiger partial charge is 0.481 e. The zero-order chi connectivity index (χ0) is 58.1. The van der Waals surface area contributed by atoms with Crippen LogP contribution in [0.4, 0.5) is 0 Å². The molecular weight excluding hydrogens is 1010 g/mol. The smallest absolute Gasteiger partial charge is 0.325 e. The Bertz CT molecular complexity index is 2370. The van der Waals surface area contributed by atoms with Crippen LogP contribution in [0.15, 0.2) is 60.7 Å². The van der Waals surface area contributed by atoms with Crippen LogP contribution in [0.25, 0.3) is 0 Å². The summed E-state index contributed by atoms with van der Waals surface area (Å²) in [7, 11) is 0. The number of hydrogen-bond acceptors (Lipinski definition) is 14. The minimum Gasteiger partial charge on any atom is -0.481 e. The Hall–Kier alpha value is -8.00. The van der Waals surface area contributed by atoms with Gasteiger partial charge in [0.25, 0.3) is 0 Å². The Kier molecular flexibility index (Phi) is 27.4. The first-order valence-electron chi connectivity index (χ1n) is 24.9. The third-order valence-corrected chi connectivity index (χ3v) is 11.6. The number of nitrogens with two attached hydrogens (primary N) is 1. The molecule has 424 valence electrons. The van der Waals surface area contributed by atoms with E-state index >= 15 is 0 Å². The number of carboxylic acid groups (broad SMARTS) is 4. The van der Waals surface area contributed by atoms with E-state index in [1.54, 1.807) is 88.4 Å². The third-order valence-electron chi connectivity index (χ3n) is 11.6. The Morgan fingerprint density at radius 2 is 0.792 bits per heavy atom. The summed E-state index contributed by atoms with van der Waals surface area (Å²) in [6, 6.07) is 2.42. The van der Waals surface area contributed by atoms with E-state index in [9.17, 15) is 78.0 Å². The van der Waals surface area contributed by atoms with Gasteiger partial charge < -0.3 is 73.8 Å². The number of aliphatic carboxylic acids is 4. The molecule has 0 aliphatic heterocycles. The molecule has 0 aliphatic carbocycles. The molecule has 0 saturated heterocycles. The molecule has 0 saturated carbocycles. The molecule has 26 heteroatoms. The van der Waals surface area contributed by atoms with Gasteiger partial charge in [-0.2, -0.15) is 0 Å². The highest BCUT2D eigenvalue weighted by molar-refractivity contribution is 5.99. The van der Waals surface area contributed by atoms with Gasteiger partial charge in [-0.3, -0.25) is 57.5 Å². The Morgan fingerprint density at radius 3 is 1.21 bits per heavy atom. The summed E-state index contributed by atoms with van der Waals surface area (Å²) in [5, 5.41) is 67.7. The van der Waals surface area contributed by atoms with Gasteiger partial charge in [-0.1, -0.05) is 88.4 Å². The van der Waals surface area contributed by atoms with Crippen molar-refractivity contribution in [2.24, 2.45) is 17.6 Å². The first kappa shape index (κ1) is 65.1. The second kappa shape index (κ2) is 32.4. The molecule has 0 bridgehead atoms. The van der Waals surface area contributed by atoms with Gasteiger partial charge in [-0.15, -0.1) is 0 Å². The Balaban J connectivity index is 2.44. The van der Waals surface area contributed by atoms with Crippen molar-refractivity contribution in [3.05, 3.63) is 71.8 Å². The van der Waals surface area contributed by atoms with Gasteiger partial charge in [0.1, 0.15) is 48.3 Å². The molecule has 0 aromatic heterocycles. The molecule has 77 heavy (non-hydrogen) atoms. The summed E-state index contributed by atoms with van der Waals surface area (Å²) < 4.78 is 0. The zero-order valence-corrected chi connectivity index (χ0v) is 43.8. The lowest BCUT2D eigenvalue weighted by atomic mass is 10.00. The molecule has 0 spiro atoms. The molecule has 0 aliphatic rings. The molecule has 2 aromatic rings. The fourth-order valence-corrected chi connectivity index (χ4v) is 7.52. The van der Waals surface area contributed by atoms with E-state index < -0.39 is 163 Å². The first-order valence-corrected chi connectivity index (χ1v) is 24.9. The highest BCUT2D eigenvalue weighted by atomic mass is 16.4. The molecule has 0 radical (unpaired) electrons. The maximum atomic E-state index is 14.1. The first-order chi connectivity index (χ1) is 36.1. The molecule has 15 N–H and O–H groups in total. The fourth-order valence-electron chi connectivity index (χ4n) is 7.52. The SMILES string of the molecule is CC(C)C[C@H](NC(=O)[C@H](Cc1ccccc1)NC(=O)[C@@H](NC(=O)[C@H](CC(C)C)NC(=O)[C@H](CC(=O)O)NC(=O)[C@H](CCC(=O)O)NC(=O)[C@H](Cc1ccccc1)NC(=O)[C@@H](N)CCC(=O)O)[C@@H](C)O)C(=O)N[C@@H](C)C(=O)O. The van der Waals surface area contributed by atoms with Crippen LogP contribution in [0.5, 0.6) is 0 Å². The number of carboxylic acids is 4. The van der Waals surface area contributed by atoms with Crippen molar-refractivity contribution < 1.29 is 83.1 Å². The number of carbonyl (C=O) groups excluding carboxylic acids is 8. The normalized spacial score (nSPS) is 15.0. The summed E-state index contributed by atoms with van der Waals surface area (Å²) in [4.78, 5) is 156. The van der Waals surface area contributed by atoms with Crippen LogP contribution in [-0.4, -0.2) is 157 Å².